The number of aromatic nitrogens is 2. The summed E-state index contributed by atoms with van der Waals surface area (Å²) in [6.07, 6.45) is 1.74. The van der Waals surface area contributed by atoms with E-state index in [-0.39, 0.29) is 17.9 Å². The monoisotopic (exact) mass is 462 g/mol. The van der Waals surface area contributed by atoms with Gasteiger partial charge in [0.2, 0.25) is 0 Å². The average molecular weight is 463 g/mol. The molecule has 1 aliphatic heterocycles. The molecule has 0 bridgehead atoms. The number of carbonyl (C=O) groups excluding carboxylic acids is 3. The number of ketones is 1. The van der Waals surface area contributed by atoms with Gasteiger partial charge in [-0.2, -0.15) is 0 Å². The third-order valence-corrected chi connectivity index (χ3v) is 5.90. The number of ether oxygens (including phenoxy) is 1. The van der Waals surface area contributed by atoms with Gasteiger partial charge in [0, 0.05) is 19.3 Å². The highest BCUT2D eigenvalue weighted by molar-refractivity contribution is 6.46. The molecule has 1 atom stereocenters. The van der Waals surface area contributed by atoms with Crippen molar-refractivity contribution in [3.63, 3.8) is 0 Å². The van der Waals surface area contributed by atoms with Gasteiger partial charge < -0.3 is 19.6 Å². The maximum atomic E-state index is 13.2. The van der Waals surface area contributed by atoms with E-state index in [2.05, 4.69) is 4.98 Å². The second kappa shape index (κ2) is 9.11. The Bertz CT molecular complexity index is 1310. The van der Waals surface area contributed by atoms with Gasteiger partial charge in [0.1, 0.15) is 11.3 Å². The van der Waals surface area contributed by atoms with Crippen LogP contribution < -0.4 is 0 Å². The maximum absolute atomic E-state index is 13.2. The van der Waals surface area contributed by atoms with Crippen molar-refractivity contribution in [3.05, 3.63) is 76.7 Å². The summed E-state index contributed by atoms with van der Waals surface area (Å²) in [6.45, 7) is 2.55. The summed E-state index contributed by atoms with van der Waals surface area (Å²) < 4.78 is 6.45. The highest BCUT2D eigenvalue weighted by Gasteiger charge is 2.46. The van der Waals surface area contributed by atoms with E-state index < -0.39 is 23.7 Å². The lowest BCUT2D eigenvalue weighted by molar-refractivity contribution is -0.140. The molecule has 1 N–H and O–H groups in total. The number of rotatable bonds is 6. The van der Waals surface area contributed by atoms with E-state index in [0.29, 0.717) is 34.7 Å². The topological polar surface area (TPSA) is 104 Å². The predicted octanol–water partition coefficient (Wildman–Crippen LogP) is 2.41. The second-order valence-corrected chi connectivity index (χ2v) is 8.38. The molecule has 3 heterocycles. The van der Waals surface area contributed by atoms with Crippen LogP contribution in [0, 0.1) is 6.92 Å². The van der Waals surface area contributed by atoms with Crippen LogP contribution in [0.2, 0.25) is 0 Å². The van der Waals surface area contributed by atoms with Gasteiger partial charge in [0.05, 0.1) is 30.0 Å². The number of amides is 1. The number of pyridine rings is 1. The molecule has 9 nitrogen and oxygen atoms in total. The predicted molar refractivity (Wildman–Crippen MR) is 125 cm³/mol. The first-order chi connectivity index (χ1) is 16.2. The molecule has 1 amide bonds. The lowest BCUT2D eigenvalue weighted by Gasteiger charge is -2.26. The number of aliphatic hydroxyl groups excluding tert-OH is 1. The van der Waals surface area contributed by atoms with E-state index in [0.717, 1.165) is 0 Å². The Morgan fingerprint density at radius 1 is 1.15 bits per heavy atom. The third-order valence-electron chi connectivity index (χ3n) is 5.90. The number of likely N-dealkylation sites (N-methyl/N-ethyl adjacent to an activating group) is 1. The summed E-state index contributed by atoms with van der Waals surface area (Å²) in [5.74, 6) is -2.22. The Morgan fingerprint density at radius 2 is 1.85 bits per heavy atom. The summed E-state index contributed by atoms with van der Waals surface area (Å²) in [5, 5.41) is 11.4. The molecule has 9 heteroatoms. The molecule has 1 aromatic carbocycles. The van der Waals surface area contributed by atoms with Crippen molar-refractivity contribution in [3.8, 4) is 0 Å². The first kappa shape index (κ1) is 23.2. The van der Waals surface area contributed by atoms with Crippen LogP contribution in [-0.2, 0) is 14.3 Å². The van der Waals surface area contributed by atoms with Gasteiger partial charge in [0.25, 0.3) is 11.7 Å². The van der Waals surface area contributed by atoms with Gasteiger partial charge in [0.15, 0.2) is 5.76 Å². The quantitative estimate of drug-likeness (QED) is 0.260. The number of imidazole rings is 1. The average Bonchev–Trinajstić information content (AvgIpc) is 3.29. The van der Waals surface area contributed by atoms with E-state index in [1.54, 1.807) is 53.9 Å². The number of hydrogen-bond acceptors (Lipinski definition) is 7. The molecule has 3 aromatic rings. The van der Waals surface area contributed by atoms with Crippen molar-refractivity contribution in [1.82, 2.24) is 19.2 Å². The van der Waals surface area contributed by atoms with Crippen molar-refractivity contribution in [1.29, 1.82) is 0 Å². The van der Waals surface area contributed by atoms with Gasteiger partial charge in [-0.1, -0.05) is 18.2 Å². The number of benzene rings is 1. The number of carbonyl (C=O) groups is 3. The molecule has 4 rings (SSSR count). The van der Waals surface area contributed by atoms with E-state index in [9.17, 15) is 19.5 Å². The fourth-order valence-electron chi connectivity index (χ4n) is 4.21. The standard InChI is InChI=1S/C25H26N4O5/c1-15-20(28-12-6-5-7-18(28)26-15)22(30)19-21(16-8-10-17(11-9-16)25(33)34-4)29(14-13-27(2)3)24(32)23(19)31/h5-12,21,30H,13-14H2,1-4H3/t21-/m1/s1. The lowest BCUT2D eigenvalue weighted by atomic mass is 9.95. The van der Waals surface area contributed by atoms with Gasteiger partial charge in [-0.3, -0.25) is 14.0 Å². The molecule has 1 saturated heterocycles. The number of aryl methyl sites for hydroxylation is 1. The maximum Gasteiger partial charge on any atom is 0.337 e. The van der Waals surface area contributed by atoms with E-state index >= 15 is 0 Å². The molecular weight excluding hydrogens is 436 g/mol. The summed E-state index contributed by atoms with van der Waals surface area (Å²) in [4.78, 5) is 46.0. The van der Waals surface area contributed by atoms with Gasteiger partial charge >= 0.3 is 5.97 Å². The molecule has 0 saturated carbocycles. The summed E-state index contributed by atoms with van der Waals surface area (Å²) >= 11 is 0. The second-order valence-electron chi connectivity index (χ2n) is 8.38. The zero-order valence-electron chi connectivity index (χ0n) is 19.5. The van der Waals surface area contributed by atoms with E-state index in [1.165, 1.54) is 12.0 Å². The number of esters is 1. The van der Waals surface area contributed by atoms with Crippen LogP contribution in [0.5, 0.6) is 0 Å². The van der Waals surface area contributed by atoms with Crippen LogP contribution in [0.25, 0.3) is 11.4 Å². The minimum absolute atomic E-state index is 0.0108. The molecule has 0 aliphatic carbocycles. The van der Waals surface area contributed by atoms with Crippen molar-refractivity contribution >= 4 is 29.1 Å². The zero-order valence-corrected chi connectivity index (χ0v) is 19.5. The van der Waals surface area contributed by atoms with Gasteiger partial charge in [-0.05, 0) is 50.8 Å². The molecule has 0 radical (unpaired) electrons. The third kappa shape index (κ3) is 3.94. The number of fused-ring (bicyclic) bond motifs is 1. The molecular formula is C25H26N4O5. The normalized spacial score (nSPS) is 17.7. The SMILES string of the molecule is COC(=O)c1ccc([C@@H]2C(=C(O)c3c(C)nc4ccccn34)C(=O)C(=O)N2CCN(C)C)cc1. The number of likely N-dealkylation sites (tertiary alicyclic amines) is 1. The Kier molecular flexibility index (Phi) is 6.21. The highest BCUT2D eigenvalue weighted by atomic mass is 16.5. The van der Waals surface area contributed by atoms with Gasteiger partial charge in [-0.15, -0.1) is 0 Å². The number of nitrogens with zero attached hydrogens (tertiary/aromatic N) is 4. The number of hydrogen-bond donors (Lipinski definition) is 1. The van der Waals surface area contributed by atoms with E-state index in [1.807, 2.05) is 25.1 Å². The molecule has 0 spiro atoms. The van der Waals surface area contributed by atoms with Crippen LogP contribution in [0.1, 0.15) is 33.4 Å². The van der Waals surface area contributed by atoms with Crippen molar-refractivity contribution in [2.45, 2.75) is 13.0 Å². The van der Waals surface area contributed by atoms with Crippen LogP contribution >= 0.6 is 0 Å². The highest BCUT2D eigenvalue weighted by Crippen LogP contribution is 2.40. The lowest BCUT2D eigenvalue weighted by Crippen LogP contribution is -2.35. The Labute approximate surface area is 196 Å². The first-order valence-electron chi connectivity index (χ1n) is 10.8. The summed E-state index contributed by atoms with van der Waals surface area (Å²) in [7, 11) is 5.04. The van der Waals surface area contributed by atoms with Crippen LogP contribution in [-0.4, -0.2) is 76.2 Å². The van der Waals surface area contributed by atoms with Crippen LogP contribution in [0.15, 0.2) is 54.2 Å². The summed E-state index contributed by atoms with van der Waals surface area (Å²) in [6, 6.07) is 11.1. The molecule has 1 aliphatic rings. The Balaban J connectivity index is 1.89. The molecule has 34 heavy (non-hydrogen) atoms. The molecule has 1 fully saturated rings. The van der Waals surface area contributed by atoms with Gasteiger partial charge in [-0.25, -0.2) is 9.78 Å². The van der Waals surface area contributed by atoms with Crippen LogP contribution in [0.3, 0.4) is 0 Å². The van der Waals surface area contributed by atoms with E-state index in [4.69, 9.17) is 4.74 Å². The fraction of sp³-hybridized carbons (Fsp3) is 0.280. The largest absolute Gasteiger partial charge is 0.505 e. The zero-order chi connectivity index (χ0) is 24.6. The summed E-state index contributed by atoms with van der Waals surface area (Å²) in [5.41, 5.74) is 2.43. The molecule has 176 valence electrons. The number of Topliss-reactive ketones (excluding diaryl/α,β-unsaturated/α-hetero) is 1. The molecule has 0 unspecified atom stereocenters. The van der Waals surface area contributed by atoms with Crippen LogP contribution in [0.4, 0.5) is 0 Å². The minimum Gasteiger partial charge on any atom is -0.505 e. The number of methoxy groups -OCH3 is 1. The minimum atomic E-state index is -0.819. The van der Waals surface area contributed by atoms with Crippen molar-refractivity contribution in [2.75, 3.05) is 34.3 Å². The smallest absolute Gasteiger partial charge is 0.337 e. The van der Waals surface area contributed by atoms with Crippen molar-refractivity contribution < 1.29 is 24.2 Å². The first-order valence-corrected chi connectivity index (χ1v) is 10.8. The Hall–Kier alpha value is -3.98. The Morgan fingerprint density at radius 3 is 2.50 bits per heavy atom. The molecule has 2 aromatic heterocycles. The fourth-order valence-corrected chi connectivity index (χ4v) is 4.21. The van der Waals surface area contributed by atoms with Crippen molar-refractivity contribution in [2.24, 2.45) is 0 Å². The number of aliphatic hydroxyl groups is 1.